The summed E-state index contributed by atoms with van der Waals surface area (Å²) in [7, 11) is 22.9. The minimum Gasteiger partial charge on any atom is -0.295 e. The average molecular weight is 593 g/mol. The minimum absolute atomic E-state index is 0.846. The molecule has 0 bridgehead atoms. The Morgan fingerprint density at radius 2 is 0.979 bits per heavy atom. The number of hydrogen-bond acceptors (Lipinski definition) is 1. The van der Waals surface area contributed by atoms with Gasteiger partial charge in [0.15, 0.2) is 0 Å². The lowest BCUT2D eigenvalue weighted by molar-refractivity contribution is 0.917. The molecule has 0 aliphatic rings. The summed E-state index contributed by atoms with van der Waals surface area (Å²) in [5, 5.41) is 5.08. The molecule has 0 fully saturated rings. The fourth-order valence-electron chi connectivity index (χ4n) is 8.19. The Bertz CT molecular complexity index is 2410. The molecule has 0 aliphatic heterocycles. The maximum Gasteiger partial charge on any atom is 0.139 e. The van der Waals surface area contributed by atoms with Gasteiger partial charge in [-0.3, -0.25) is 4.57 Å². The summed E-state index contributed by atoms with van der Waals surface area (Å²) in [5.74, 6) is 1.08. The maximum atomic E-state index is 5.14. The first-order valence-corrected chi connectivity index (χ1v) is 17.1. The number of fused-ring (bicyclic) bond motifs is 3. The molecule has 0 unspecified atom stereocenters. The van der Waals surface area contributed by atoms with Crippen LogP contribution in [0.3, 0.4) is 0 Å². The largest absolute Gasteiger partial charge is 0.295 e. The first-order valence-electron chi connectivity index (χ1n) is 17.1. The molecule has 0 spiro atoms. The highest BCUT2D eigenvalue weighted by Crippen LogP contribution is 2.42. The predicted octanol–water partition coefficient (Wildman–Crippen LogP) is -8.19. The van der Waals surface area contributed by atoms with Crippen molar-refractivity contribution in [2.24, 2.45) is 0 Å². The van der Waals surface area contributed by atoms with Gasteiger partial charge in [0, 0.05) is 17.2 Å². The monoisotopic (exact) mass is 594 g/mol. The van der Waals surface area contributed by atoms with E-state index in [0.29, 0.717) is 0 Å². The predicted molar refractivity (Wildman–Crippen MR) is 238 cm³/mol. The smallest absolute Gasteiger partial charge is 0.139 e. The van der Waals surface area contributed by atoms with Crippen LogP contribution >= 0.6 is 0 Å². The summed E-state index contributed by atoms with van der Waals surface area (Å²) in [6.07, 6.45) is 0.846. The van der Waals surface area contributed by atoms with E-state index in [-0.39, 0.29) is 0 Å². The van der Waals surface area contributed by atoms with Crippen molar-refractivity contribution in [3.05, 3.63) is 72.6 Å². The zero-order valence-corrected chi connectivity index (χ0v) is 30.0. The fourth-order valence-corrected chi connectivity index (χ4v) is 8.19. The third-order valence-corrected chi connectivity index (χ3v) is 11.7. The van der Waals surface area contributed by atoms with Crippen molar-refractivity contribution in [1.29, 1.82) is 0 Å². The number of para-hydroxylation sites is 2. The molecule has 7 rings (SSSR count). The molecule has 0 saturated carbocycles. The van der Waals surface area contributed by atoms with Crippen molar-refractivity contribution in [3.8, 4) is 27.9 Å². The van der Waals surface area contributed by atoms with E-state index in [2.05, 4.69) is 157 Å². The van der Waals surface area contributed by atoms with E-state index >= 15 is 0 Å². The summed E-state index contributed by atoms with van der Waals surface area (Å²) >= 11 is 0. The van der Waals surface area contributed by atoms with Gasteiger partial charge in [0.2, 0.25) is 0 Å². The van der Waals surface area contributed by atoms with Gasteiger partial charge < -0.3 is 0 Å². The van der Waals surface area contributed by atoms with E-state index in [9.17, 15) is 0 Å². The van der Waals surface area contributed by atoms with Gasteiger partial charge in [-0.1, -0.05) is 77.3 Å². The molecular weight excluding hydrogens is 557 g/mol. The minimum atomic E-state index is 0.846. The molecule has 216 valence electrons. The van der Waals surface area contributed by atoms with E-state index in [1.807, 2.05) is 0 Å². The van der Waals surface area contributed by atoms with Crippen molar-refractivity contribution in [3.63, 3.8) is 0 Å². The Balaban J connectivity index is 1.74. The summed E-state index contributed by atoms with van der Waals surface area (Å²) < 4.78 is 2.44. The zero-order chi connectivity index (χ0) is 33.5. The summed E-state index contributed by atoms with van der Waals surface area (Å²) in [5.41, 5.74) is 22.6. The number of aryl methyl sites for hydroxylation is 1. The summed E-state index contributed by atoms with van der Waals surface area (Å²) in [6.45, 7) is 2.22. The van der Waals surface area contributed by atoms with E-state index in [1.165, 1.54) is 104 Å². The Morgan fingerprint density at radius 3 is 1.57 bits per heavy atom. The normalized spacial score (nSPS) is 11.6. The first kappa shape index (κ1) is 31.6. The Labute approximate surface area is 288 Å². The molecule has 0 amide bonds. The van der Waals surface area contributed by atoms with Crippen LogP contribution in [-0.4, -0.2) is 88.0 Å². The van der Waals surface area contributed by atoms with Crippen LogP contribution < -0.4 is 54.6 Å². The van der Waals surface area contributed by atoms with E-state index in [1.54, 1.807) is 0 Å². The molecule has 2 nitrogen and oxygen atoms in total. The molecular formula is C35H36B10N2. The molecule has 0 aliphatic carbocycles. The summed E-state index contributed by atoms with van der Waals surface area (Å²) in [6, 6.07) is 24.9. The third kappa shape index (κ3) is 4.58. The molecule has 0 atom stereocenters. The molecule has 0 N–H and O–H groups in total. The number of nitrogens with zero attached hydrogens (tertiary/aromatic N) is 2. The molecule has 7 aromatic rings. The second-order valence-electron chi connectivity index (χ2n) is 13.7. The van der Waals surface area contributed by atoms with Crippen LogP contribution in [0.1, 0.15) is 12.7 Å². The van der Waals surface area contributed by atoms with Gasteiger partial charge in [0.05, 0.1) is 16.7 Å². The standard InChI is InChI=1S/C35H36B10N2/c1-2-21-46-19-9-5-6-10-20(19)47(21)35-16-8-4-3-7-15(16)23(24-27(38)31(42)34(45)32(43)28(24)39)18-13-14(11-12-17(18)35)22-25(36)29(40)33(44)30(41)26(22)37/h3-13H,2,36-45H2,1H3. The lowest BCUT2D eigenvalue weighted by Crippen LogP contribution is -2.55. The maximum absolute atomic E-state index is 5.14. The van der Waals surface area contributed by atoms with Crippen LogP contribution in [-0.2, 0) is 6.42 Å². The average Bonchev–Trinajstić information content (AvgIpc) is 3.46. The van der Waals surface area contributed by atoms with Gasteiger partial charge in [0.25, 0.3) is 0 Å². The molecule has 1 heterocycles. The van der Waals surface area contributed by atoms with Crippen molar-refractivity contribution in [2.45, 2.75) is 13.3 Å². The molecule has 47 heavy (non-hydrogen) atoms. The highest BCUT2D eigenvalue weighted by molar-refractivity contribution is 6.70. The zero-order valence-electron chi connectivity index (χ0n) is 30.0. The van der Waals surface area contributed by atoms with Crippen molar-refractivity contribution in [2.75, 3.05) is 0 Å². The van der Waals surface area contributed by atoms with Crippen LogP contribution in [0.4, 0.5) is 0 Å². The SMILES string of the molecule is Bc1c(B)c(B)c(-c2ccc3c(-n4c(CC)nc5ccccc54)c4ccccc4c(-c4c(B)c(B)c(B)c(B)c4B)c3c2)c(B)c1B. The molecule has 12 heteroatoms. The second-order valence-corrected chi connectivity index (χ2v) is 13.7. The quantitative estimate of drug-likeness (QED) is 0.147. The lowest BCUT2D eigenvalue weighted by atomic mass is 9.59. The van der Waals surface area contributed by atoms with E-state index < -0.39 is 0 Å². The number of imidazole rings is 1. The number of rotatable bonds is 4. The van der Waals surface area contributed by atoms with Gasteiger partial charge in [-0.2, -0.15) is 0 Å². The van der Waals surface area contributed by atoms with Crippen LogP contribution in [0.15, 0.2) is 66.7 Å². The topological polar surface area (TPSA) is 17.8 Å². The Kier molecular flexibility index (Phi) is 7.78. The van der Waals surface area contributed by atoms with Crippen molar-refractivity contribution >= 4 is 166 Å². The van der Waals surface area contributed by atoms with Gasteiger partial charge in [-0.05, 0) is 51.2 Å². The van der Waals surface area contributed by atoms with Gasteiger partial charge in [-0.25, -0.2) is 4.98 Å². The number of aromatic nitrogens is 2. The molecule has 0 saturated heterocycles. The first-order chi connectivity index (χ1) is 22.5. The number of benzene rings is 6. The Hall–Kier alpha value is -4.04. The molecule has 1 aromatic heterocycles. The van der Waals surface area contributed by atoms with Gasteiger partial charge in [0.1, 0.15) is 84.3 Å². The van der Waals surface area contributed by atoms with Gasteiger partial charge >= 0.3 is 0 Å². The van der Waals surface area contributed by atoms with Crippen LogP contribution in [0.2, 0.25) is 0 Å². The Morgan fingerprint density at radius 1 is 0.489 bits per heavy atom. The third-order valence-electron chi connectivity index (χ3n) is 11.7. The highest BCUT2D eigenvalue weighted by atomic mass is 15.1. The van der Waals surface area contributed by atoms with E-state index in [0.717, 1.165) is 23.3 Å². The second kappa shape index (κ2) is 11.6. The van der Waals surface area contributed by atoms with Crippen molar-refractivity contribution < 1.29 is 0 Å². The van der Waals surface area contributed by atoms with Crippen LogP contribution in [0.5, 0.6) is 0 Å². The van der Waals surface area contributed by atoms with Crippen LogP contribution in [0, 0.1) is 0 Å². The summed E-state index contributed by atoms with van der Waals surface area (Å²) in [4.78, 5) is 5.14. The van der Waals surface area contributed by atoms with Gasteiger partial charge in [-0.15, -0.1) is 32.8 Å². The van der Waals surface area contributed by atoms with E-state index in [4.69, 9.17) is 4.98 Å². The fraction of sp³-hybridized carbons (Fsp3) is 0.0571. The van der Waals surface area contributed by atoms with Crippen molar-refractivity contribution in [1.82, 2.24) is 9.55 Å². The van der Waals surface area contributed by atoms with Crippen LogP contribution in [0.25, 0.3) is 60.5 Å². The highest BCUT2D eigenvalue weighted by Gasteiger charge is 2.24. The molecule has 0 radical (unpaired) electrons. The molecule has 6 aromatic carbocycles. The number of hydrogen-bond donors (Lipinski definition) is 0. The lowest BCUT2D eigenvalue weighted by Gasteiger charge is -2.26.